The number of halogens is 2. The summed E-state index contributed by atoms with van der Waals surface area (Å²) in [6.45, 7) is -0.484. The van der Waals surface area contributed by atoms with Crippen molar-refractivity contribution in [2.24, 2.45) is 7.05 Å². The molecule has 0 aliphatic carbocycles. The van der Waals surface area contributed by atoms with Gasteiger partial charge in [-0.05, 0) is 36.8 Å². The van der Waals surface area contributed by atoms with Crippen LogP contribution in [0.5, 0.6) is 5.75 Å². The maximum atomic E-state index is 13.6. The standard InChI is InChI=1S/C22H20F2N4O4/c1-28-18-9-14(32-11-20(30)25-10-12-8-13(23)2-6-17(12)24)3-4-15(18)21(27-28)16-5-7-19(29)26-22(16)31/h2-4,6,8-9,16H,5,7,10-11H2,1H3,(H,25,30)(H,26,29,31). The molecule has 0 radical (unpaired) electrons. The number of fused-ring (bicyclic) bond motifs is 1. The third-order valence-corrected chi connectivity index (χ3v) is 5.27. The van der Waals surface area contributed by atoms with Gasteiger partial charge < -0.3 is 10.1 Å². The Kier molecular flexibility index (Phi) is 5.85. The molecule has 32 heavy (non-hydrogen) atoms. The van der Waals surface area contributed by atoms with Crippen LogP contribution < -0.4 is 15.4 Å². The fourth-order valence-corrected chi connectivity index (χ4v) is 3.64. The van der Waals surface area contributed by atoms with Crippen LogP contribution in [-0.2, 0) is 28.0 Å². The fourth-order valence-electron chi connectivity index (χ4n) is 3.64. The highest BCUT2D eigenvalue weighted by Gasteiger charge is 2.31. The van der Waals surface area contributed by atoms with E-state index < -0.39 is 23.5 Å². The lowest BCUT2D eigenvalue weighted by molar-refractivity contribution is -0.134. The maximum Gasteiger partial charge on any atom is 0.258 e. The van der Waals surface area contributed by atoms with Crippen LogP contribution in [0.1, 0.15) is 30.0 Å². The van der Waals surface area contributed by atoms with E-state index in [9.17, 15) is 23.2 Å². The second kappa shape index (κ2) is 8.74. The first-order chi connectivity index (χ1) is 15.3. The van der Waals surface area contributed by atoms with Crippen molar-refractivity contribution in [3.63, 3.8) is 0 Å². The molecule has 1 unspecified atom stereocenters. The lowest BCUT2D eigenvalue weighted by atomic mass is 9.93. The normalized spacial score (nSPS) is 16.2. The molecule has 1 aliphatic rings. The lowest BCUT2D eigenvalue weighted by Crippen LogP contribution is -2.39. The Morgan fingerprint density at radius 1 is 1.25 bits per heavy atom. The molecular weight excluding hydrogens is 422 g/mol. The number of amides is 3. The SMILES string of the molecule is Cn1nc(C2CCC(=O)NC2=O)c2ccc(OCC(=O)NCc3cc(F)ccc3F)cc21. The third-order valence-electron chi connectivity index (χ3n) is 5.27. The number of aromatic nitrogens is 2. The van der Waals surface area contributed by atoms with Crippen molar-refractivity contribution in [2.45, 2.75) is 25.3 Å². The molecular formula is C22H20F2N4O4. The summed E-state index contributed by atoms with van der Waals surface area (Å²) in [6, 6.07) is 8.11. The summed E-state index contributed by atoms with van der Waals surface area (Å²) in [5.74, 6) is -2.47. The molecule has 3 amide bonds. The van der Waals surface area contributed by atoms with Gasteiger partial charge in [0.15, 0.2) is 6.61 Å². The first-order valence-corrected chi connectivity index (χ1v) is 9.95. The van der Waals surface area contributed by atoms with Crippen LogP contribution in [-0.4, -0.2) is 34.1 Å². The highest BCUT2D eigenvalue weighted by molar-refractivity contribution is 6.02. The summed E-state index contributed by atoms with van der Waals surface area (Å²) >= 11 is 0. The number of carbonyl (C=O) groups is 3. The monoisotopic (exact) mass is 442 g/mol. The van der Waals surface area contributed by atoms with Gasteiger partial charge in [0, 0.05) is 37.0 Å². The Balaban J connectivity index is 1.41. The van der Waals surface area contributed by atoms with E-state index in [2.05, 4.69) is 15.7 Å². The molecule has 10 heteroatoms. The minimum Gasteiger partial charge on any atom is -0.484 e. The number of nitrogens with zero attached hydrogens (tertiary/aromatic N) is 2. The van der Waals surface area contributed by atoms with E-state index in [1.165, 1.54) is 0 Å². The lowest BCUT2D eigenvalue weighted by Gasteiger charge is -2.19. The van der Waals surface area contributed by atoms with Crippen molar-refractivity contribution in [1.82, 2.24) is 20.4 Å². The van der Waals surface area contributed by atoms with Crippen LogP contribution >= 0.6 is 0 Å². The molecule has 2 aromatic carbocycles. The Bertz CT molecular complexity index is 1220. The predicted octanol–water partition coefficient (Wildman–Crippen LogP) is 2.07. The fraction of sp³-hybridized carbons (Fsp3) is 0.273. The van der Waals surface area contributed by atoms with E-state index in [0.717, 1.165) is 23.6 Å². The van der Waals surface area contributed by atoms with Gasteiger partial charge in [0.25, 0.3) is 5.91 Å². The van der Waals surface area contributed by atoms with Crippen molar-refractivity contribution in [1.29, 1.82) is 0 Å². The van der Waals surface area contributed by atoms with E-state index in [-0.39, 0.29) is 37.0 Å². The third kappa shape index (κ3) is 4.43. The largest absolute Gasteiger partial charge is 0.484 e. The average Bonchev–Trinajstić information content (AvgIpc) is 3.08. The predicted molar refractivity (Wildman–Crippen MR) is 110 cm³/mol. The van der Waals surface area contributed by atoms with Crippen LogP contribution in [0.4, 0.5) is 8.78 Å². The van der Waals surface area contributed by atoms with Crippen LogP contribution in [0.15, 0.2) is 36.4 Å². The number of ether oxygens (including phenoxy) is 1. The van der Waals surface area contributed by atoms with Crippen LogP contribution in [0.25, 0.3) is 10.9 Å². The first-order valence-electron chi connectivity index (χ1n) is 9.95. The summed E-state index contributed by atoms with van der Waals surface area (Å²) < 4.78 is 34.0. The van der Waals surface area contributed by atoms with Crippen molar-refractivity contribution in [3.8, 4) is 5.75 Å². The van der Waals surface area contributed by atoms with Gasteiger partial charge in [-0.3, -0.25) is 24.4 Å². The van der Waals surface area contributed by atoms with Crippen LogP contribution in [0.2, 0.25) is 0 Å². The van der Waals surface area contributed by atoms with Gasteiger partial charge in [-0.15, -0.1) is 0 Å². The van der Waals surface area contributed by atoms with E-state index in [0.29, 0.717) is 23.4 Å². The number of hydrogen-bond acceptors (Lipinski definition) is 5. The number of carbonyl (C=O) groups excluding carboxylic acids is 3. The molecule has 2 N–H and O–H groups in total. The number of nitrogens with one attached hydrogen (secondary N) is 2. The second-order valence-electron chi connectivity index (χ2n) is 7.49. The molecule has 0 spiro atoms. The smallest absolute Gasteiger partial charge is 0.258 e. The summed E-state index contributed by atoms with van der Waals surface area (Å²) in [5.41, 5.74) is 1.31. The molecule has 4 rings (SSSR count). The number of rotatable bonds is 6. The molecule has 1 aromatic heterocycles. The minimum atomic E-state index is -0.610. The first kappa shape index (κ1) is 21.4. The van der Waals surface area contributed by atoms with Gasteiger partial charge in [-0.1, -0.05) is 0 Å². The van der Waals surface area contributed by atoms with Gasteiger partial charge in [0.2, 0.25) is 11.8 Å². The van der Waals surface area contributed by atoms with E-state index in [4.69, 9.17) is 4.74 Å². The number of benzene rings is 2. The second-order valence-corrected chi connectivity index (χ2v) is 7.49. The van der Waals surface area contributed by atoms with Gasteiger partial charge in [-0.25, -0.2) is 8.78 Å². The Hall–Kier alpha value is -3.82. The minimum absolute atomic E-state index is 0.0376. The molecule has 1 saturated heterocycles. The highest BCUT2D eigenvalue weighted by Crippen LogP contribution is 2.31. The summed E-state index contributed by atoms with van der Waals surface area (Å²) in [5, 5.41) is 10.0. The zero-order valence-corrected chi connectivity index (χ0v) is 17.2. The Morgan fingerprint density at radius 3 is 2.84 bits per heavy atom. The summed E-state index contributed by atoms with van der Waals surface area (Å²) in [4.78, 5) is 35.7. The van der Waals surface area contributed by atoms with Crippen LogP contribution in [0, 0.1) is 11.6 Å². The van der Waals surface area contributed by atoms with Gasteiger partial charge in [0.1, 0.15) is 17.4 Å². The molecule has 1 aliphatic heterocycles. The molecule has 1 fully saturated rings. The molecule has 1 atom stereocenters. The van der Waals surface area contributed by atoms with Crippen molar-refractivity contribution in [3.05, 3.63) is 59.3 Å². The van der Waals surface area contributed by atoms with Gasteiger partial charge in [-0.2, -0.15) is 5.10 Å². The molecule has 2 heterocycles. The van der Waals surface area contributed by atoms with E-state index in [1.807, 2.05) is 0 Å². The maximum absolute atomic E-state index is 13.6. The van der Waals surface area contributed by atoms with Crippen molar-refractivity contribution in [2.75, 3.05) is 6.61 Å². The topological polar surface area (TPSA) is 102 Å². The van der Waals surface area contributed by atoms with E-state index >= 15 is 0 Å². The zero-order chi connectivity index (χ0) is 22.8. The molecule has 166 valence electrons. The quantitative estimate of drug-likeness (QED) is 0.569. The number of piperidine rings is 1. The van der Waals surface area contributed by atoms with Crippen LogP contribution in [0.3, 0.4) is 0 Å². The molecule has 3 aromatic rings. The van der Waals surface area contributed by atoms with Crippen molar-refractivity contribution < 1.29 is 27.9 Å². The summed E-state index contributed by atoms with van der Waals surface area (Å²) in [7, 11) is 1.72. The number of hydrogen-bond donors (Lipinski definition) is 2. The van der Waals surface area contributed by atoms with E-state index in [1.54, 1.807) is 29.9 Å². The Morgan fingerprint density at radius 2 is 2.06 bits per heavy atom. The van der Waals surface area contributed by atoms with Crippen molar-refractivity contribution >= 4 is 28.6 Å². The number of imide groups is 1. The molecule has 0 saturated carbocycles. The zero-order valence-electron chi connectivity index (χ0n) is 17.2. The number of aryl methyl sites for hydroxylation is 1. The summed E-state index contributed by atoms with van der Waals surface area (Å²) in [6.07, 6.45) is 0.644. The van der Waals surface area contributed by atoms with Gasteiger partial charge >= 0.3 is 0 Å². The molecule has 0 bridgehead atoms. The van der Waals surface area contributed by atoms with Gasteiger partial charge in [0.05, 0.1) is 17.1 Å². The Labute approximate surface area is 181 Å². The average molecular weight is 442 g/mol. The highest BCUT2D eigenvalue weighted by atomic mass is 19.1. The molecule has 8 nitrogen and oxygen atoms in total.